The highest BCUT2D eigenvalue weighted by Crippen LogP contribution is 2.33. The normalized spacial score (nSPS) is 9.23. The van der Waals surface area contributed by atoms with E-state index >= 15 is 0 Å². The van der Waals surface area contributed by atoms with Crippen molar-refractivity contribution >= 4 is 34.1 Å². The topological polar surface area (TPSA) is 161 Å². The zero-order valence-corrected chi connectivity index (χ0v) is 20.1. The Balaban J connectivity index is 0.000000546. The number of ether oxygens (including phenoxy) is 2. The average molecular weight is 507 g/mol. The molecule has 3 aromatic rings. The van der Waals surface area contributed by atoms with Crippen molar-refractivity contribution in [2.24, 2.45) is 0 Å². The molecule has 0 spiro atoms. The molecule has 3 aromatic heterocycles. The Labute approximate surface area is 207 Å². The fourth-order valence-corrected chi connectivity index (χ4v) is 3.27. The Bertz CT molecular complexity index is 1090. The summed E-state index contributed by atoms with van der Waals surface area (Å²) in [6, 6.07) is 0. The predicted octanol–water partition coefficient (Wildman–Crippen LogP) is 2.37. The number of anilines is 1. The molecule has 3 heterocycles. The lowest BCUT2D eigenvalue weighted by molar-refractivity contribution is -0.140. The van der Waals surface area contributed by atoms with E-state index in [1.54, 1.807) is 45.6 Å². The predicted molar refractivity (Wildman–Crippen MR) is 130 cm³/mol. The Morgan fingerprint density at radius 1 is 1.06 bits per heavy atom. The number of carbonyl (C=O) groups excluding carboxylic acids is 3. The third-order valence-corrected chi connectivity index (χ3v) is 4.66. The number of nitrogens with zero attached hydrogens (tertiary/aromatic N) is 7. The maximum absolute atomic E-state index is 11.7. The highest BCUT2D eigenvalue weighted by Gasteiger charge is 2.22. The summed E-state index contributed by atoms with van der Waals surface area (Å²) in [5, 5.41) is 16.7. The molecule has 0 saturated heterocycles. The molecule has 190 valence electrons. The first-order chi connectivity index (χ1) is 16.2. The van der Waals surface area contributed by atoms with Gasteiger partial charge in [0.15, 0.2) is 5.78 Å². The number of rotatable bonds is 7. The Morgan fingerprint density at radius 3 is 2.09 bits per heavy atom. The molecule has 0 saturated carbocycles. The summed E-state index contributed by atoms with van der Waals surface area (Å²) in [7, 11) is 0. The number of hydrogen-bond acceptors (Lipinski definition) is 11. The quantitative estimate of drug-likeness (QED) is 0.372. The van der Waals surface area contributed by atoms with Gasteiger partial charge < -0.3 is 20.1 Å². The number of nitrogen functional groups attached to an aromatic ring is 1. The van der Waals surface area contributed by atoms with E-state index < -0.39 is 11.9 Å². The van der Waals surface area contributed by atoms with E-state index in [-0.39, 0.29) is 26.3 Å². The van der Waals surface area contributed by atoms with Gasteiger partial charge in [0, 0.05) is 5.56 Å². The van der Waals surface area contributed by atoms with Crippen LogP contribution in [0.4, 0.5) is 5.00 Å². The molecule has 0 aliphatic heterocycles. The molecule has 0 bridgehead atoms. The minimum absolute atomic E-state index is 0. The smallest absolute Gasteiger partial charge is 0.387 e. The summed E-state index contributed by atoms with van der Waals surface area (Å²) in [5.74, 6) is -0.786. The summed E-state index contributed by atoms with van der Waals surface area (Å²) in [6.45, 7) is 13.8. The monoisotopic (exact) mass is 506 g/mol. The number of Topliss-reactive ketones (excluding diaryl/α,β-unsaturated/α-hetero) is 1. The van der Waals surface area contributed by atoms with E-state index in [0.717, 1.165) is 10.6 Å². The van der Waals surface area contributed by atoms with Gasteiger partial charge in [0.05, 0.1) is 43.6 Å². The van der Waals surface area contributed by atoms with Crippen molar-refractivity contribution in [1.82, 2.24) is 30.0 Å². The number of esters is 2. The number of carbonyl (C=O) groups is 3. The largest absolute Gasteiger partial charge is 0.462 e. The molecular formula is C21H30N8O5S. The van der Waals surface area contributed by atoms with Gasteiger partial charge in [-0.3, -0.25) is 4.79 Å². The number of aromatic nitrogens is 6. The van der Waals surface area contributed by atoms with Crippen molar-refractivity contribution in [2.45, 2.75) is 41.7 Å². The molecule has 0 aliphatic carbocycles. The van der Waals surface area contributed by atoms with E-state index in [1.165, 1.54) is 27.9 Å². The minimum Gasteiger partial charge on any atom is -0.462 e. The standard InChI is InChI=1S/C10H12N4O2S.C5H7N3O.C5H7NO2.CH4/c1-3-16-10(15)7-6(2)9(17-8(7)11)14-12-4-5-13-14;1-5(9)4-8-6-2-3-7-8;1-3-8-5(7)4-6-2;/h4-5H,3,11H2,1-2H3;2-3H,4H2,1H3;3-4H2,1H3;1H4. The van der Waals surface area contributed by atoms with Gasteiger partial charge in [-0.25, -0.2) is 16.2 Å². The number of nitrogens with two attached hydrogens (primary N) is 1. The van der Waals surface area contributed by atoms with Crippen LogP contribution in [0, 0.1) is 13.5 Å². The van der Waals surface area contributed by atoms with Crippen molar-refractivity contribution < 1.29 is 23.9 Å². The summed E-state index contributed by atoms with van der Waals surface area (Å²) >= 11 is 1.27. The highest BCUT2D eigenvalue weighted by molar-refractivity contribution is 7.19. The van der Waals surface area contributed by atoms with Crippen LogP contribution >= 0.6 is 11.3 Å². The molecule has 0 radical (unpaired) electrons. The van der Waals surface area contributed by atoms with Crippen LogP contribution in [-0.2, 0) is 25.6 Å². The zero-order chi connectivity index (χ0) is 25.5. The Hall–Kier alpha value is -4.12. The van der Waals surface area contributed by atoms with Gasteiger partial charge in [0.2, 0.25) is 0 Å². The van der Waals surface area contributed by atoms with E-state index in [4.69, 9.17) is 17.0 Å². The average Bonchev–Trinajstić information content (AvgIpc) is 3.52. The second-order valence-corrected chi connectivity index (χ2v) is 7.22. The summed E-state index contributed by atoms with van der Waals surface area (Å²) < 4.78 is 9.39. The lowest BCUT2D eigenvalue weighted by atomic mass is 10.2. The van der Waals surface area contributed by atoms with E-state index in [2.05, 4.69) is 30.0 Å². The lowest BCUT2D eigenvalue weighted by Crippen LogP contribution is -2.08. The van der Waals surface area contributed by atoms with Gasteiger partial charge in [-0.15, -0.1) is 4.80 Å². The van der Waals surface area contributed by atoms with E-state index in [9.17, 15) is 14.4 Å². The third-order valence-electron chi connectivity index (χ3n) is 3.57. The van der Waals surface area contributed by atoms with Crippen molar-refractivity contribution in [3.05, 3.63) is 47.3 Å². The van der Waals surface area contributed by atoms with Gasteiger partial charge in [-0.1, -0.05) is 18.8 Å². The SMILES string of the molecule is C.CC(=O)Cn1nccn1.CCOC(=O)c1c(N)sc(-n2nccn2)c1C.[C-]#[N+]CC(=O)OCC. The summed E-state index contributed by atoms with van der Waals surface area (Å²) in [5.41, 5.74) is 6.97. The minimum atomic E-state index is -0.442. The van der Waals surface area contributed by atoms with Crippen LogP contribution in [0.1, 0.15) is 44.1 Å². The van der Waals surface area contributed by atoms with Gasteiger partial charge >= 0.3 is 18.5 Å². The van der Waals surface area contributed by atoms with Crippen LogP contribution in [0.5, 0.6) is 0 Å². The van der Waals surface area contributed by atoms with Crippen molar-refractivity contribution in [2.75, 3.05) is 25.5 Å². The van der Waals surface area contributed by atoms with Gasteiger partial charge in [0.1, 0.15) is 16.5 Å². The fraction of sp³-hybridized carbons (Fsp3) is 0.429. The molecule has 0 unspecified atom stereocenters. The molecule has 13 nitrogen and oxygen atoms in total. The van der Waals surface area contributed by atoms with E-state index in [1.807, 2.05) is 0 Å². The van der Waals surface area contributed by atoms with E-state index in [0.29, 0.717) is 23.8 Å². The highest BCUT2D eigenvalue weighted by atomic mass is 32.1. The van der Waals surface area contributed by atoms with Crippen molar-refractivity contribution in [1.29, 1.82) is 0 Å². The molecule has 3 rings (SSSR count). The van der Waals surface area contributed by atoms with Crippen molar-refractivity contribution in [3.63, 3.8) is 0 Å². The molecule has 35 heavy (non-hydrogen) atoms. The second-order valence-electron chi connectivity index (χ2n) is 6.19. The molecule has 0 amide bonds. The van der Waals surface area contributed by atoms with Crippen LogP contribution in [0.3, 0.4) is 0 Å². The maximum Gasteiger partial charge on any atom is 0.387 e. The summed E-state index contributed by atoms with van der Waals surface area (Å²) in [4.78, 5) is 38.0. The van der Waals surface area contributed by atoms with Crippen molar-refractivity contribution in [3.8, 4) is 5.00 Å². The van der Waals surface area contributed by atoms with Gasteiger partial charge in [0.25, 0.3) is 0 Å². The molecule has 0 fully saturated rings. The lowest BCUT2D eigenvalue weighted by Gasteiger charge is -2.02. The molecular weight excluding hydrogens is 476 g/mol. The van der Waals surface area contributed by atoms with Crippen LogP contribution < -0.4 is 5.73 Å². The van der Waals surface area contributed by atoms with Gasteiger partial charge in [-0.2, -0.15) is 25.2 Å². The molecule has 0 aliphatic rings. The number of thiophene rings is 1. The first kappa shape index (κ1) is 30.9. The fourth-order valence-electron chi connectivity index (χ4n) is 2.29. The zero-order valence-electron chi connectivity index (χ0n) is 19.3. The first-order valence-corrected chi connectivity index (χ1v) is 10.8. The first-order valence-electron chi connectivity index (χ1n) is 10.00. The third kappa shape index (κ3) is 10.6. The maximum atomic E-state index is 11.7. The molecule has 0 aromatic carbocycles. The Morgan fingerprint density at radius 2 is 1.60 bits per heavy atom. The number of ketones is 1. The van der Waals surface area contributed by atoms with Crippen LogP contribution in [0.25, 0.3) is 9.85 Å². The summed E-state index contributed by atoms with van der Waals surface area (Å²) in [6.07, 6.45) is 6.23. The Kier molecular flexibility index (Phi) is 14.5. The van der Waals surface area contributed by atoms with Crippen LogP contribution in [0.2, 0.25) is 0 Å². The molecule has 0 atom stereocenters. The molecule has 14 heteroatoms. The molecule has 2 N–H and O–H groups in total. The van der Waals surface area contributed by atoms with Gasteiger partial charge in [-0.05, 0) is 27.7 Å². The number of hydrogen-bond donors (Lipinski definition) is 1. The second kappa shape index (κ2) is 16.5. The van der Waals surface area contributed by atoms with Crippen LogP contribution in [0.15, 0.2) is 24.8 Å². The van der Waals surface area contributed by atoms with Crippen LogP contribution in [-0.4, -0.2) is 67.5 Å².